The summed E-state index contributed by atoms with van der Waals surface area (Å²) in [7, 11) is 0. The maximum Gasteiger partial charge on any atom is 0.0720 e. The first-order valence-electron chi connectivity index (χ1n) is 9.01. The molecule has 0 aromatic carbocycles. The van der Waals surface area contributed by atoms with Crippen molar-refractivity contribution in [3.8, 4) is 0 Å². The Bertz CT molecular complexity index is 208. The normalized spacial score (nSPS) is 13.4. The number of hydrogen-bond donors (Lipinski definition) is 1. The number of unbranched alkanes of at least 4 members (excludes halogenated alkanes) is 8. The Morgan fingerprint density at radius 3 is 2.05 bits per heavy atom. The van der Waals surface area contributed by atoms with Gasteiger partial charge in [0.2, 0.25) is 0 Å². The minimum atomic E-state index is -0.212. The van der Waals surface area contributed by atoms with E-state index >= 15 is 0 Å². The number of aliphatic hydroxyl groups is 1. The van der Waals surface area contributed by atoms with Gasteiger partial charge < -0.3 is 5.11 Å². The van der Waals surface area contributed by atoms with Crippen molar-refractivity contribution in [3.63, 3.8) is 0 Å². The van der Waals surface area contributed by atoms with Gasteiger partial charge in [-0.2, -0.15) is 0 Å². The molecule has 0 aromatic rings. The van der Waals surface area contributed by atoms with E-state index in [1.165, 1.54) is 64.2 Å². The van der Waals surface area contributed by atoms with Crippen LogP contribution in [0.4, 0.5) is 0 Å². The van der Waals surface area contributed by atoms with E-state index in [9.17, 15) is 5.11 Å². The lowest BCUT2D eigenvalue weighted by atomic mass is 10.0. The van der Waals surface area contributed by atoms with E-state index < -0.39 is 0 Å². The Balaban J connectivity index is 3.28. The molecule has 0 saturated carbocycles. The Morgan fingerprint density at radius 2 is 1.40 bits per heavy atom. The van der Waals surface area contributed by atoms with Gasteiger partial charge in [0.05, 0.1) is 6.10 Å². The summed E-state index contributed by atoms with van der Waals surface area (Å²) in [4.78, 5) is 0. The fraction of sp³-hybridized carbons (Fsp3) is 0.895. The minimum Gasteiger partial charge on any atom is -0.389 e. The van der Waals surface area contributed by atoms with Crippen LogP contribution in [0, 0.1) is 5.92 Å². The van der Waals surface area contributed by atoms with Crippen LogP contribution in [-0.2, 0) is 0 Å². The van der Waals surface area contributed by atoms with E-state index in [0.717, 1.165) is 18.8 Å². The molecule has 0 aliphatic carbocycles. The van der Waals surface area contributed by atoms with Gasteiger partial charge in [0.25, 0.3) is 0 Å². The average Bonchev–Trinajstić information content (AvgIpc) is 2.41. The second-order valence-corrected chi connectivity index (χ2v) is 6.58. The van der Waals surface area contributed by atoms with E-state index in [1.807, 2.05) is 6.08 Å². The SMILES string of the molecule is CCCCCCCCCC(O)/C=C\CCCCC(C)C. The van der Waals surface area contributed by atoms with Gasteiger partial charge >= 0.3 is 0 Å². The van der Waals surface area contributed by atoms with Crippen molar-refractivity contribution in [2.24, 2.45) is 5.92 Å². The van der Waals surface area contributed by atoms with Crippen LogP contribution in [0.25, 0.3) is 0 Å². The molecule has 0 spiro atoms. The quantitative estimate of drug-likeness (QED) is 0.294. The average molecular weight is 283 g/mol. The van der Waals surface area contributed by atoms with Gasteiger partial charge in [-0.3, -0.25) is 0 Å². The van der Waals surface area contributed by atoms with E-state index in [2.05, 4.69) is 26.8 Å². The van der Waals surface area contributed by atoms with Crippen molar-refractivity contribution >= 4 is 0 Å². The highest BCUT2D eigenvalue weighted by molar-refractivity contribution is 4.88. The molecule has 0 bridgehead atoms. The molecule has 1 unspecified atom stereocenters. The van der Waals surface area contributed by atoms with Gasteiger partial charge in [0.1, 0.15) is 0 Å². The molecule has 0 aliphatic heterocycles. The lowest BCUT2D eigenvalue weighted by Crippen LogP contribution is -2.01. The third kappa shape index (κ3) is 15.8. The Labute approximate surface area is 127 Å². The second-order valence-electron chi connectivity index (χ2n) is 6.58. The van der Waals surface area contributed by atoms with Crippen LogP contribution in [0.2, 0.25) is 0 Å². The summed E-state index contributed by atoms with van der Waals surface area (Å²) in [5, 5.41) is 9.85. The number of aliphatic hydroxyl groups excluding tert-OH is 1. The summed E-state index contributed by atoms with van der Waals surface area (Å²) in [5.74, 6) is 0.821. The summed E-state index contributed by atoms with van der Waals surface area (Å²) in [6.45, 7) is 6.81. The lowest BCUT2D eigenvalue weighted by molar-refractivity contribution is 0.207. The van der Waals surface area contributed by atoms with Crippen molar-refractivity contribution in [1.29, 1.82) is 0 Å². The van der Waals surface area contributed by atoms with Crippen molar-refractivity contribution < 1.29 is 5.11 Å². The van der Waals surface area contributed by atoms with E-state index in [1.54, 1.807) is 0 Å². The molecule has 1 heteroatoms. The third-order valence-electron chi connectivity index (χ3n) is 3.86. The molecule has 20 heavy (non-hydrogen) atoms. The molecular weight excluding hydrogens is 244 g/mol. The van der Waals surface area contributed by atoms with E-state index in [4.69, 9.17) is 0 Å². The first-order chi connectivity index (χ1) is 9.66. The maximum atomic E-state index is 9.85. The van der Waals surface area contributed by atoms with Gasteiger partial charge in [-0.15, -0.1) is 0 Å². The van der Waals surface area contributed by atoms with Crippen LogP contribution < -0.4 is 0 Å². The highest BCUT2D eigenvalue weighted by atomic mass is 16.3. The van der Waals surface area contributed by atoms with Crippen molar-refractivity contribution in [3.05, 3.63) is 12.2 Å². The standard InChI is InChI=1S/C19H38O/c1-4-5-6-7-8-9-13-16-19(20)17-14-11-10-12-15-18(2)3/h14,17-20H,4-13,15-16H2,1-3H3/b17-14-. The monoisotopic (exact) mass is 282 g/mol. The van der Waals surface area contributed by atoms with Crippen molar-refractivity contribution in [1.82, 2.24) is 0 Å². The summed E-state index contributed by atoms with van der Waals surface area (Å²) in [5.41, 5.74) is 0. The van der Waals surface area contributed by atoms with Gasteiger partial charge in [-0.1, -0.05) is 90.7 Å². The molecule has 0 rings (SSSR count). The molecule has 0 radical (unpaired) electrons. The van der Waals surface area contributed by atoms with Crippen LogP contribution in [0.1, 0.15) is 97.8 Å². The van der Waals surface area contributed by atoms with E-state index in [-0.39, 0.29) is 6.10 Å². The molecule has 0 fully saturated rings. The van der Waals surface area contributed by atoms with Crippen LogP contribution in [0.3, 0.4) is 0 Å². The predicted molar refractivity (Wildman–Crippen MR) is 91.1 cm³/mol. The Morgan fingerprint density at radius 1 is 0.800 bits per heavy atom. The zero-order chi connectivity index (χ0) is 15.1. The molecule has 1 atom stereocenters. The van der Waals surface area contributed by atoms with Crippen LogP contribution in [-0.4, -0.2) is 11.2 Å². The third-order valence-corrected chi connectivity index (χ3v) is 3.86. The molecule has 120 valence electrons. The van der Waals surface area contributed by atoms with Crippen LogP contribution in [0.5, 0.6) is 0 Å². The molecule has 0 aliphatic rings. The highest BCUT2D eigenvalue weighted by Gasteiger charge is 1.99. The first kappa shape index (κ1) is 19.7. The number of hydrogen-bond acceptors (Lipinski definition) is 1. The Kier molecular flexibility index (Phi) is 14.9. The topological polar surface area (TPSA) is 20.2 Å². The van der Waals surface area contributed by atoms with Crippen molar-refractivity contribution in [2.75, 3.05) is 0 Å². The van der Waals surface area contributed by atoms with Gasteiger partial charge in [0.15, 0.2) is 0 Å². The molecule has 0 heterocycles. The first-order valence-corrected chi connectivity index (χ1v) is 9.01. The molecular formula is C19H38O. The van der Waals surface area contributed by atoms with Crippen LogP contribution in [0.15, 0.2) is 12.2 Å². The van der Waals surface area contributed by atoms with Crippen molar-refractivity contribution in [2.45, 2.75) is 104 Å². The molecule has 0 saturated heterocycles. The largest absolute Gasteiger partial charge is 0.389 e. The van der Waals surface area contributed by atoms with Crippen LogP contribution >= 0.6 is 0 Å². The summed E-state index contributed by atoms with van der Waals surface area (Å²) < 4.78 is 0. The molecule has 0 aromatic heterocycles. The predicted octanol–water partition coefficient (Wildman–Crippen LogP) is 6.26. The zero-order valence-electron chi connectivity index (χ0n) is 14.2. The van der Waals surface area contributed by atoms with Gasteiger partial charge in [-0.05, 0) is 25.2 Å². The van der Waals surface area contributed by atoms with E-state index in [0.29, 0.717) is 0 Å². The number of rotatable bonds is 14. The summed E-state index contributed by atoms with van der Waals surface area (Å²) in [6, 6.07) is 0. The fourth-order valence-electron chi connectivity index (χ4n) is 2.47. The smallest absolute Gasteiger partial charge is 0.0720 e. The minimum absolute atomic E-state index is 0.212. The second kappa shape index (κ2) is 15.1. The zero-order valence-corrected chi connectivity index (χ0v) is 14.2. The number of allylic oxidation sites excluding steroid dienone is 1. The van der Waals surface area contributed by atoms with Gasteiger partial charge in [-0.25, -0.2) is 0 Å². The fourth-order valence-corrected chi connectivity index (χ4v) is 2.47. The highest BCUT2D eigenvalue weighted by Crippen LogP contribution is 2.11. The maximum absolute atomic E-state index is 9.85. The van der Waals surface area contributed by atoms with Gasteiger partial charge in [0, 0.05) is 0 Å². The molecule has 0 amide bonds. The Hall–Kier alpha value is -0.300. The summed E-state index contributed by atoms with van der Waals surface area (Å²) >= 11 is 0. The lowest BCUT2D eigenvalue weighted by Gasteiger charge is -2.06. The molecule has 1 nitrogen and oxygen atoms in total. The molecule has 1 N–H and O–H groups in total. The summed E-state index contributed by atoms with van der Waals surface area (Å²) in [6.07, 6.45) is 19.2.